The van der Waals surface area contributed by atoms with Crippen LogP contribution in [0.2, 0.25) is 0 Å². The van der Waals surface area contributed by atoms with Gasteiger partial charge >= 0.3 is 0 Å². The van der Waals surface area contributed by atoms with Crippen LogP contribution in [0.25, 0.3) is 0 Å². The minimum absolute atomic E-state index is 0.0188. The van der Waals surface area contributed by atoms with Gasteiger partial charge in [-0.1, -0.05) is 6.92 Å². The number of hydrogen-bond acceptors (Lipinski definition) is 3. The zero-order valence-corrected chi connectivity index (χ0v) is 10.9. The Morgan fingerprint density at radius 2 is 1.88 bits per heavy atom. The molecule has 0 radical (unpaired) electrons. The van der Waals surface area contributed by atoms with E-state index in [4.69, 9.17) is 5.73 Å². The molecule has 1 fully saturated rings. The van der Waals surface area contributed by atoms with Crippen LogP contribution in [0.1, 0.15) is 40.0 Å². The predicted octanol–water partition coefficient (Wildman–Crippen LogP) is 0.146. The maximum absolute atomic E-state index is 12.2. The average molecular weight is 241 g/mol. The Kier molecular flexibility index (Phi) is 4.14. The van der Waals surface area contributed by atoms with Crippen LogP contribution in [-0.2, 0) is 9.59 Å². The van der Waals surface area contributed by atoms with Crippen LogP contribution in [0.3, 0.4) is 0 Å². The van der Waals surface area contributed by atoms with Gasteiger partial charge in [-0.15, -0.1) is 0 Å². The highest BCUT2D eigenvalue weighted by Crippen LogP contribution is 2.29. The first kappa shape index (κ1) is 14.0. The fourth-order valence-electron chi connectivity index (χ4n) is 2.14. The Balaban J connectivity index is 2.61. The third-order valence-electron chi connectivity index (χ3n) is 3.32. The molecule has 5 nitrogen and oxygen atoms in total. The van der Waals surface area contributed by atoms with E-state index < -0.39 is 11.4 Å². The van der Waals surface area contributed by atoms with E-state index in [-0.39, 0.29) is 17.7 Å². The Bertz CT molecular complexity index is 307. The van der Waals surface area contributed by atoms with Crippen LogP contribution in [0, 0.1) is 5.41 Å². The highest BCUT2D eigenvalue weighted by atomic mass is 16.2. The summed E-state index contributed by atoms with van der Waals surface area (Å²) < 4.78 is 0. The van der Waals surface area contributed by atoms with Gasteiger partial charge in [-0.2, -0.15) is 0 Å². The normalized spacial score (nSPS) is 19.7. The minimum atomic E-state index is -0.573. The SMILES string of the molecule is CC(C)(CC(N)=O)NC(=O)C1(C)CCNCC1. The summed E-state index contributed by atoms with van der Waals surface area (Å²) in [6.45, 7) is 7.34. The lowest BCUT2D eigenvalue weighted by Crippen LogP contribution is -2.53. The van der Waals surface area contributed by atoms with Crippen molar-refractivity contribution in [2.24, 2.45) is 11.1 Å². The Morgan fingerprint density at radius 3 is 2.35 bits per heavy atom. The van der Waals surface area contributed by atoms with Crippen molar-refractivity contribution in [3.05, 3.63) is 0 Å². The van der Waals surface area contributed by atoms with E-state index in [0.717, 1.165) is 25.9 Å². The highest BCUT2D eigenvalue weighted by molar-refractivity contribution is 5.84. The average Bonchev–Trinajstić information content (AvgIpc) is 2.15. The fraction of sp³-hybridized carbons (Fsp3) is 0.833. The van der Waals surface area contributed by atoms with E-state index in [0.29, 0.717) is 0 Å². The van der Waals surface area contributed by atoms with Crippen LogP contribution < -0.4 is 16.4 Å². The van der Waals surface area contributed by atoms with Crippen molar-refractivity contribution in [1.29, 1.82) is 0 Å². The van der Waals surface area contributed by atoms with Gasteiger partial charge in [0, 0.05) is 17.4 Å². The molecule has 0 saturated carbocycles. The molecule has 17 heavy (non-hydrogen) atoms. The van der Waals surface area contributed by atoms with Gasteiger partial charge in [0.25, 0.3) is 0 Å². The molecule has 0 aliphatic carbocycles. The van der Waals surface area contributed by atoms with E-state index in [9.17, 15) is 9.59 Å². The molecule has 0 aromatic heterocycles. The van der Waals surface area contributed by atoms with Crippen molar-refractivity contribution in [2.45, 2.75) is 45.6 Å². The summed E-state index contributed by atoms with van der Waals surface area (Å²) in [4.78, 5) is 23.1. The molecule has 2 amide bonds. The molecule has 1 heterocycles. The monoisotopic (exact) mass is 241 g/mol. The van der Waals surface area contributed by atoms with E-state index in [1.807, 2.05) is 20.8 Å². The molecule has 0 atom stereocenters. The number of nitrogens with two attached hydrogens (primary N) is 1. The maximum Gasteiger partial charge on any atom is 0.226 e. The van der Waals surface area contributed by atoms with Gasteiger partial charge < -0.3 is 16.4 Å². The van der Waals surface area contributed by atoms with Gasteiger partial charge in [0.05, 0.1) is 0 Å². The molecule has 4 N–H and O–H groups in total. The third kappa shape index (κ3) is 4.00. The lowest BCUT2D eigenvalue weighted by molar-refractivity contribution is -0.133. The van der Waals surface area contributed by atoms with Gasteiger partial charge in [-0.05, 0) is 39.8 Å². The molecule has 98 valence electrons. The van der Waals surface area contributed by atoms with Gasteiger partial charge in [0.15, 0.2) is 0 Å². The quantitative estimate of drug-likeness (QED) is 0.655. The van der Waals surface area contributed by atoms with Crippen molar-refractivity contribution in [2.75, 3.05) is 13.1 Å². The second kappa shape index (κ2) is 5.04. The maximum atomic E-state index is 12.2. The first-order valence-corrected chi connectivity index (χ1v) is 6.07. The number of primary amides is 1. The van der Waals surface area contributed by atoms with E-state index in [1.165, 1.54) is 0 Å². The molecular weight excluding hydrogens is 218 g/mol. The molecule has 0 spiro atoms. The largest absolute Gasteiger partial charge is 0.370 e. The lowest BCUT2D eigenvalue weighted by Gasteiger charge is -2.36. The smallest absolute Gasteiger partial charge is 0.226 e. The predicted molar refractivity (Wildman–Crippen MR) is 66.2 cm³/mol. The van der Waals surface area contributed by atoms with Crippen molar-refractivity contribution >= 4 is 11.8 Å². The van der Waals surface area contributed by atoms with Crippen LogP contribution >= 0.6 is 0 Å². The summed E-state index contributed by atoms with van der Waals surface area (Å²) in [6.07, 6.45) is 1.81. The number of carbonyl (C=O) groups is 2. The Morgan fingerprint density at radius 1 is 1.35 bits per heavy atom. The second-order valence-electron chi connectivity index (χ2n) is 5.79. The second-order valence-corrected chi connectivity index (χ2v) is 5.79. The molecule has 0 bridgehead atoms. The van der Waals surface area contributed by atoms with Gasteiger partial charge in [-0.3, -0.25) is 9.59 Å². The molecule has 0 aromatic carbocycles. The molecule has 1 saturated heterocycles. The number of piperidine rings is 1. The van der Waals surface area contributed by atoms with E-state index in [2.05, 4.69) is 10.6 Å². The molecular formula is C12H23N3O2. The van der Waals surface area contributed by atoms with Gasteiger partial charge in [0.2, 0.25) is 11.8 Å². The number of carbonyl (C=O) groups excluding carboxylic acids is 2. The first-order valence-electron chi connectivity index (χ1n) is 6.07. The number of nitrogens with one attached hydrogen (secondary N) is 2. The van der Waals surface area contributed by atoms with Gasteiger partial charge in [0.1, 0.15) is 0 Å². The molecule has 1 rings (SSSR count). The summed E-state index contributed by atoms with van der Waals surface area (Å²) in [7, 11) is 0. The van der Waals surface area contributed by atoms with Crippen molar-refractivity contribution in [3.8, 4) is 0 Å². The summed E-state index contributed by atoms with van der Waals surface area (Å²) in [5.41, 5.74) is 4.26. The Hall–Kier alpha value is -1.10. The zero-order valence-electron chi connectivity index (χ0n) is 10.9. The summed E-state index contributed by atoms with van der Waals surface area (Å²) >= 11 is 0. The zero-order chi connectivity index (χ0) is 13.1. The molecule has 1 aliphatic heterocycles. The molecule has 0 unspecified atom stereocenters. The fourth-order valence-corrected chi connectivity index (χ4v) is 2.14. The van der Waals surface area contributed by atoms with E-state index >= 15 is 0 Å². The summed E-state index contributed by atoms with van der Waals surface area (Å²) in [5.74, 6) is -0.379. The van der Waals surface area contributed by atoms with Crippen LogP contribution in [0.4, 0.5) is 0 Å². The van der Waals surface area contributed by atoms with E-state index in [1.54, 1.807) is 0 Å². The number of rotatable bonds is 4. The topological polar surface area (TPSA) is 84.2 Å². The van der Waals surface area contributed by atoms with Crippen molar-refractivity contribution in [3.63, 3.8) is 0 Å². The lowest BCUT2D eigenvalue weighted by atomic mass is 9.79. The number of hydrogen-bond donors (Lipinski definition) is 3. The van der Waals surface area contributed by atoms with Crippen LogP contribution in [-0.4, -0.2) is 30.4 Å². The standard InChI is InChI=1S/C12H23N3O2/c1-11(2,8-9(13)16)15-10(17)12(3)4-6-14-7-5-12/h14H,4-8H2,1-3H3,(H2,13,16)(H,15,17). The Labute approximate surface area is 103 Å². The first-order chi connectivity index (χ1) is 7.75. The summed E-state index contributed by atoms with van der Waals surface area (Å²) in [6, 6.07) is 0. The molecule has 1 aliphatic rings. The molecule has 0 aromatic rings. The minimum Gasteiger partial charge on any atom is -0.370 e. The highest BCUT2D eigenvalue weighted by Gasteiger charge is 2.37. The third-order valence-corrected chi connectivity index (χ3v) is 3.32. The molecule has 5 heteroatoms. The van der Waals surface area contributed by atoms with Crippen molar-refractivity contribution in [1.82, 2.24) is 10.6 Å². The van der Waals surface area contributed by atoms with Gasteiger partial charge in [-0.25, -0.2) is 0 Å². The van der Waals surface area contributed by atoms with Crippen LogP contribution in [0.5, 0.6) is 0 Å². The number of amides is 2. The van der Waals surface area contributed by atoms with Crippen LogP contribution in [0.15, 0.2) is 0 Å². The summed E-state index contributed by atoms with van der Waals surface area (Å²) in [5, 5.41) is 6.17. The van der Waals surface area contributed by atoms with Crippen molar-refractivity contribution < 1.29 is 9.59 Å².